The molecule has 6 rings (SSSR count). The lowest BCUT2D eigenvalue weighted by Gasteiger charge is -2.27. The number of aliphatic hydroxyl groups is 6. The zero-order valence-corrected chi connectivity index (χ0v) is 53.3. The number of esters is 2. The molecule has 88 heavy (non-hydrogen) atoms. The Bertz CT molecular complexity index is 3180. The van der Waals surface area contributed by atoms with Gasteiger partial charge in [-0.25, -0.2) is 28.9 Å². The molecule has 2 saturated heterocycles. The van der Waals surface area contributed by atoms with Crippen LogP contribution in [0.5, 0.6) is 0 Å². The van der Waals surface area contributed by atoms with Crippen LogP contribution < -0.4 is 32.6 Å². The highest BCUT2D eigenvalue weighted by Crippen LogP contribution is 2.48. The van der Waals surface area contributed by atoms with Gasteiger partial charge >= 0.3 is 38.8 Å². The standard InChI is InChI=1S/C26H37N4O10PS.C24H35N4O9PS.C4H6O3/c1-17(32)28-20-10-11-30(24(35)29-20)22-26(4,36)21(33)19(40-22)15-39-41(37,27-14-18-8-6-5-7-9-18)38-12-13-42-23(34)25(2,3)16-31;1-23(2,15-29)21(31)39-12-11-35-38(34,26-13-16-7-5-4-6-8-16)36-14-17-19(30)24(3,33)20(37-17)28-10-9-18(25)27-22(28)32;1-3(5)7-4(2)6/h5-11,19,21-22,31,33,36H,12-16H2,1-4H3,(H,27,37)(H,28,29,32,35);4-10,17,19-20,29-30,33H,11-15H2,1-3H3,(H,26,34)(H2,25,27,32);1-2H3/t19-,21?,22-,26+,41?;17-,19?,20-,24+,38?;/m11./s1. The lowest BCUT2D eigenvalue weighted by atomic mass is 9.96. The summed E-state index contributed by atoms with van der Waals surface area (Å²) in [5, 5.41) is 69.6. The number of ether oxygens (including phenoxy) is 3. The maximum absolute atomic E-state index is 13.7. The number of amides is 1. The number of nitrogen functional groups attached to an aromatic ring is 1. The van der Waals surface area contributed by atoms with E-state index < -0.39 is 117 Å². The number of benzene rings is 2. The molecule has 2 fully saturated rings. The van der Waals surface area contributed by atoms with Gasteiger partial charge < -0.3 is 55.9 Å². The Hall–Kier alpha value is -5.45. The van der Waals surface area contributed by atoms with Crippen molar-refractivity contribution < 1.29 is 96.0 Å². The summed E-state index contributed by atoms with van der Waals surface area (Å²) >= 11 is 1.86. The van der Waals surface area contributed by atoms with Gasteiger partial charge in [0, 0.05) is 57.8 Å². The van der Waals surface area contributed by atoms with E-state index in [0.29, 0.717) is 0 Å². The second-order valence-corrected chi connectivity index (χ2v) is 27.2. The predicted octanol–water partition coefficient (Wildman–Crippen LogP) is 2.56. The van der Waals surface area contributed by atoms with Crippen LogP contribution in [0.3, 0.4) is 0 Å². The number of hydrogen-bond acceptors (Lipinski definition) is 27. The van der Waals surface area contributed by atoms with Crippen LogP contribution in [-0.2, 0) is 78.5 Å². The smallest absolute Gasteiger partial charge is 0.395 e. The lowest BCUT2D eigenvalue weighted by Crippen LogP contribution is -2.46. The molecule has 0 aliphatic carbocycles. The van der Waals surface area contributed by atoms with E-state index in [1.165, 1.54) is 59.1 Å². The van der Waals surface area contributed by atoms with Crippen LogP contribution in [-0.4, -0.2) is 165 Å². The van der Waals surface area contributed by atoms with Crippen molar-refractivity contribution in [3.05, 3.63) is 117 Å². The van der Waals surface area contributed by atoms with Crippen LogP contribution in [0.1, 0.15) is 85.9 Å². The summed E-state index contributed by atoms with van der Waals surface area (Å²) in [6.45, 7) is 11.0. The van der Waals surface area contributed by atoms with Crippen molar-refractivity contribution in [3.63, 3.8) is 0 Å². The number of rotatable bonds is 27. The molecule has 30 nitrogen and oxygen atoms in total. The molecule has 1 amide bonds. The summed E-state index contributed by atoms with van der Waals surface area (Å²) in [4.78, 5) is 87.7. The maximum Gasteiger partial charge on any atom is 0.405 e. The van der Waals surface area contributed by atoms with Gasteiger partial charge in [-0.2, -0.15) is 9.97 Å². The fraction of sp³-hybridized carbons (Fsp3) is 0.537. The first-order valence-electron chi connectivity index (χ1n) is 27.0. The average Bonchev–Trinajstić information content (AvgIpc) is 2.07. The van der Waals surface area contributed by atoms with Gasteiger partial charge in [0.25, 0.3) is 0 Å². The monoisotopic (exact) mass is 1320 g/mol. The van der Waals surface area contributed by atoms with E-state index in [2.05, 4.69) is 30.2 Å². The third kappa shape index (κ3) is 22.5. The van der Waals surface area contributed by atoms with E-state index in [1.54, 1.807) is 52.0 Å². The summed E-state index contributed by atoms with van der Waals surface area (Å²) in [6.07, 6.45) is -5.69. The number of thioether (sulfide) groups is 2. The van der Waals surface area contributed by atoms with Crippen molar-refractivity contribution in [3.8, 4) is 0 Å². The maximum atomic E-state index is 13.7. The van der Waals surface area contributed by atoms with Crippen molar-refractivity contribution in [1.82, 2.24) is 29.3 Å². The third-order valence-corrected chi connectivity index (χ3v) is 18.3. The number of aromatic nitrogens is 4. The zero-order valence-electron chi connectivity index (χ0n) is 49.9. The molecule has 4 aromatic rings. The van der Waals surface area contributed by atoms with Crippen molar-refractivity contribution in [2.75, 3.05) is 62.2 Å². The molecule has 2 aromatic carbocycles. The fourth-order valence-electron chi connectivity index (χ4n) is 7.68. The molecule has 0 spiro atoms. The van der Waals surface area contributed by atoms with E-state index in [0.717, 1.165) is 43.8 Å². The molecule has 34 heteroatoms. The number of carbonyl (C=O) groups excluding carboxylic acids is 5. The van der Waals surface area contributed by atoms with Crippen LogP contribution in [0.15, 0.2) is 94.8 Å². The van der Waals surface area contributed by atoms with Gasteiger partial charge in [-0.05, 0) is 64.8 Å². The third-order valence-electron chi connectivity index (χ3n) is 12.8. The van der Waals surface area contributed by atoms with Crippen LogP contribution in [0.25, 0.3) is 0 Å². The van der Waals surface area contributed by atoms with Crippen molar-refractivity contribution in [1.29, 1.82) is 0 Å². The first kappa shape index (κ1) is 75.0. The number of hydrogen-bond donors (Lipinski definition) is 10. The van der Waals surface area contributed by atoms with Gasteiger partial charge in [-0.15, -0.1) is 0 Å². The van der Waals surface area contributed by atoms with E-state index in [4.69, 9.17) is 33.3 Å². The molecule has 2 aromatic heterocycles. The number of nitrogens with zero attached hydrogens (tertiary/aromatic N) is 4. The molecular formula is C54H78N8O22P2S2. The molecule has 2 aliphatic rings. The largest absolute Gasteiger partial charge is 0.405 e. The molecule has 4 unspecified atom stereocenters. The topological polar surface area (TPSA) is 437 Å². The highest BCUT2D eigenvalue weighted by atomic mass is 32.2. The Morgan fingerprint density at radius 1 is 0.648 bits per heavy atom. The molecule has 10 atom stereocenters. The molecule has 0 radical (unpaired) electrons. The van der Waals surface area contributed by atoms with Crippen LogP contribution in [0.2, 0.25) is 0 Å². The SMILES string of the molecule is CC(=O)Nc1ccn([C@@H]2O[C@H](COP(=O)(NCc3ccccc3)OCCSC(=O)C(C)(C)CO)C(O)[C@]2(C)O)c(=O)n1.CC(=O)OC(C)=O.CC(C)(CO)C(=O)SCCOP(=O)(NCc1ccccc1)OC[C@H]1O[C@@H](n2ccc(N)nc2=O)[C@@](C)(O)C1O. The zero-order chi connectivity index (χ0) is 65.8. The second-order valence-electron chi connectivity index (χ2n) is 21.5. The minimum Gasteiger partial charge on any atom is -0.395 e. The van der Waals surface area contributed by atoms with E-state index in [-0.39, 0.29) is 72.9 Å². The number of nitrogens with two attached hydrogens (primary N) is 1. The number of nitrogens with one attached hydrogen (secondary N) is 3. The first-order valence-corrected chi connectivity index (χ1v) is 32.1. The summed E-state index contributed by atoms with van der Waals surface area (Å²) < 4.78 is 67.0. The summed E-state index contributed by atoms with van der Waals surface area (Å²) in [6, 6.07) is 20.8. The van der Waals surface area contributed by atoms with Gasteiger partial charge in [0.15, 0.2) is 22.7 Å². The first-order chi connectivity index (χ1) is 41.1. The fourth-order valence-corrected chi connectivity index (χ4v) is 12.2. The van der Waals surface area contributed by atoms with E-state index in [9.17, 15) is 73.3 Å². The molecule has 488 valence electrons. The molecule has 11 N–H and O–H groups in total. The molecule has 0 bridgehead atoms. The molecule has 2 aliphatic heterocycles. The van der Waals surface area contributed by atoms with Crippen LogP contribution >= 0.6 is 39.0 Å². The Balaban J connectivity index is 0.000000340. The summed E-state index contributed by atoms with van der Waals surface area (Å²) in [5.74, 6) is -1.29. The highest BCUT2D eigenvalue weighted by Gasteiger charge is 2.55. The van der Waals surface area contributed by atoms with Crippen LogP contribution in [0.4, 0.5) is 11.6 Å². The van der Waals surface area contributed by atoms with Crippen LogP contribution in [0, 0.1) is 10.8 Å². The van der Waals surface area contributed by atoms with E-state index in [1.807, 2.05) is 36.4 Å². The minimum atomic E-state index is -4.05. The lowest BCUT2D eigenvalue weighted by molar-refractivity contribution is -0.156. The highest BCUT2D eigenvalue weighted by molar-refractivity contribution is 8.14. The molecule has 4 heterocycles. The average molecular weight is 1320 g/mol. The molecular weight excluding hydrogens is 1240 g/mol. The van der Waals surface area contributed by atoms with E-state index >= 15 is 0 Å². The van der Waals surface area contributed by atoms with Gasteiger partial charge in [0.2, 0.25) is 5.91 Å². The number of anilines is 2. The van der Waals surface area contributed by atoms with Crippen molar-refractivity contribution >= 4 is 78.7 Å². The molecule has 0 saturated carbocycles. The summed E-state index contributed by atoms with van der Waals surface area (Å²) in [7, 11) is -8.07. The number of aliphatic hydroxyl groups excluding tert-OH is 4. The second kappa shape index (κ2) is 33.6. The minimum absolute atomic E-state index is 0.00388. The van der Waals surface area contributed by atoms with Gasteiger partial charge in [-0.1, -0.05) is 84.2 Å². The Morgan fingerprint density at radius 2 is 1.03 bits per heavy atom. The number of carbonyl (C=O) groups is 5. The van der Waals surface area contributed by atoms with Crippen molar-refractivity contribution in [2.45, 2.75) is 123 Å². The van der Waals surface area contributed by atoms with Gasteiger partial charge in [-0.3, -0.25) is 51.2 Å². The Labute approximate surface area is 515 Å². The summed E-state index contributed by atoms with van der Waals surface area (Å²) in [5.41, 5.74) is -0.296. The van der Waals surface area contributed by atoms with Gasteiger partial charge in [0.1, 0.15) is 47.3 Å². The Kier molecular flexibility index (Phi) is 28.6. The van der Waals surface area contributed by atoms with Crippen molar-refractivity contribution in [2.24, 2.45) is 10.8 Å². The van der Waals surface area contributed by atoms with Gasteiger partial charge in [0.05, 0.1) is 50.5 Å². The normalized spacial score (nSPS) is 23.0. The predicted molar refractivity (Wildman–Crippen MR) is 321 cm³/mol. The Morgan fingerprint density at radius 3 is 1.38 bits per heavy atom. The quantitative estimate of drug-likeness (QED) is 0.0177.